The third kappa shape index (κ3) is 3.76. The lowest BCUT2D eigenvalue weighted by Crippen LogP contribution is -2.48. The van der Waals surface area contributed by atoms with Crippen LogP contribution in [0.5, 0.6) is 0 Å². The van der Waals surface area contributed by atoms with E-state index in [4.69, 9.17) is 0 Å². The molecule has 0 bridgehead atoms. The van der Waals surface area contributed by atoms with Crippen molar-refractivity contribution in [1.29, 1.82) is 0 Å². The molecule has 1 saturated heterocycles. The molecular weight excluding hydrogens is 244 g/mol. The van der Waals surface area contributed by atoms with E-state index in [9.17, 15) is 0 Å². The van der Waals surface area contributed by atoms with Crippen molar-refractivity contribution in [2.75, 3.05) is 13.1 Å². The fourth-order valence-electron chi connectivity index (χ4n) is 4.63. The maximum atomic E-state index is 3.77. The summed E-state index contributed by atoms with van der Waals surface area (Å²) in [5.41, 5.74) is 0. The number of hydrogen-bond acceptors (Lipinski definition) is 2. The van der Waals surface area contributed by atoms with E-state index < -0.39 is 0 Å². The van der Waals surface area contributed by atoms with Gasteiger partial charge in [-0.3, -0.25) is 4.90 Å². The molecule has 0 aromatic heterocycles. The summed E-state index contributed by atoms with van der Waals surface area (Å²) in [5, 5.41) is 3.77. The zero-order valence-electron chi connectivity index (χ0n) is 14.2. The van der Waals surface area contributed by atoms with Gasteiger partial charge in [-0.15, -0.1) is 0 Å². The van der Waals surface area contributed by atoms with Gasteiger partial charge in [-0.25, -0.2) is 0 Å². The van der Waals surface area contributed by atoms with Crippen molar-refractivity contribution >= 4 is 0 Å². The average Bonchev–Trinajstić information content (AvgIpc) is 2.81. The van der Waals surface area contributed by atoms with Gasteiger partial charge in [0, 0.05) is 24.7 Å². The SMILES string of the molecule is CCNC1CCC(CC)CC1CN1C(C)CCC1CC. The molecule has 0 radical (unpaired) electrons. The van der Waals surface area contributed by atoms with E-state index in [-0.39, 0.29) is 0 Å². The topological polar surface area (TPSA) is 15.3 Å². The second-order valence-corrected chi connectivity index (χ2v) is 7.20. The van der Waals surface area contributed by atoms with Gasteiger partial charge in [0.25, 0.3) is 0 Å². The standard InChI is InChI=1S/C18H36N2/c1-5-15-9-11-18(19-7-3)16(12-15)13-20-14(4)8-10-17(20)6-2/h14-19H,5-13H2,1-4H3. The van der Waals surface area contributed by atoms with Gasteiger partial charge in [0.15, 0.2) is 0 Å². The number of likely N-dealkylation sites (tertiary alicyclic amines) is 1. The van der Waals surface area contributed by atoms with Gasteiger partial charge in [-0.1, -0.05) is 27.2 Å². The highest BCUT2D eigenvalue weighted by atomic mass is 15.2. The minimum atomic E-state index is 0.771. The molecule has 1 heterocycles. The van der Waals surface area contributed by atoms with E-state index in [1.807, 2.05) is 0 Å². The van der Waals surface area contributed by atoms with Gasteiger partial charge in [-0.2, -0.15) is 0 Å². The molecule has 1 aliphatic heterocycles. The molecule has 2 aliphatic rings. The van der Waals surface area contributed by atoms with Crippen molar-refractivity contribution in [2.24, 2.45) is 11.8 Å². The van der Waals surface area contributed by atoms with Crippen LogP contribution in [0.15, 0.2) is 0 Å². The Morgan fingerprint density at radius 1 is 1.00 bits per heavy atom. The highest BCUT2D eigenvalue weighted by Gasteiger charge is 2.35. The average molecular weight is 280 g/mol. The highest BCUT2D eigenvalue weighted by molar-refractivity contribution is 4.91. The van der Waals surface area contributed by atoms with E-state index in [1.54, 1.807) is 0 Å². The molecule has 2 fully saturated rings. The fourth-order valence-corrected chi connectivity index (χ4v) is 4.63. The van der Waals surface area contributed by atoms with Gasteiger partial charge in [0.05, 0.1) is 0 Å². The summed E-state index contributed by atoms with van der Waals surface area (Å²) in [4.78, 5) is 2.84. The Bertz CT molecular complexity index is 279. The Hall–Kier alpha value is -0.0800. The van der Waals surface area contributed by atoms with Gasteiger partial charge >= 0.3 is 0 Å². The highest BCUT2D eigenvalue weighted by Crippen LogP contribution is 2.35. The van der Waals surface area contributed by atoms with Crippen LogP contribution < -0.4 is 5.32 Å². The molecule has 118 valence electrons. The van der Waals surface area contributed by atoms with Crippen LogP contribution >= 0.6 is 0 Å². The summed E-state index contributed by atoms with van der Waals surface area (Å²) in [6, 6.07) is 2.44. The van der Waals surface area contributed by atoms with Gasteiger partial charge in [0.2, 0.25) is 0 Å². The largest absolute Gasteiger partial charge is 0.314 e. The van der Waals surface area contributed by atoms with E-state index in [0.29, 0.717) is 0 Å². The molecule has 0 aromatic carbocycles. The smallest absolute Gasteiger partial charge is 0.0108 e. The van der Waals surface area contributed by atoms with Gasteiger partial charge < -0.3 is 5.32 Å². The first-order valence-corrected chi connectivity index (χ1v) is 9.18. The summed E-state index contributed by atoms with van der Waals surface area (Å²) < 4.78 is 0. The van der Waals surface area contributed by atoms with Crippen molar-refractivity contribution in [2.45, 2.75) is 90.8 Å². The first kappa shape index (κ1) is 16.3. The first-order valence-electron chi connectivity index (χ1n) is 9.18. The predicted molar refractivity (Wildman–Crippen MR) is 88.1 cm³/mol. The van der Waals surface area contributed by atoms with Crippen LogP contribution in [0.1, 0.15) is 72.6 Å². The van der Waals surface area contributed by atoms with Crippen molar-refractivity contribution in [3.63, 3.8) is 0 Å². The maximum Gasteiger partial charge on any atom is 0.0108 e. The van der Waals surface area contributed by atoms with Crippen molar-refractivity contribution in [3.05, 3.63) is 0 Å². The number of nitrogens with one attached hydrogen (secondary N) is 1. The monoisotopic (exact) mass is 280 g/mol. The molecule has 1 N–H and O–H groups in total. The van der Waals surface area contributed by atoms with Gasteiger partial charge in [0.1, 0.15) is 0 Å². The quantitative estimate of drug-likeness (QED) is 0.789. The number of nitrogens with zero attached hydrogens (tertiary/aromatic N) is 1. The molecule has 2 heteroatoms. The Morgan fingerprint density at radius 2 is 1.80 bits per heavy atom. The van der Waals surface area contributed by atoms with Crippen molar-refractivity contribution in [3.8, 4) is 0 Å². The van der Waals surface area contributed by atoms with E-state index in [0.717, 1.165) is 36.5 Å². The van der Waals surface area contributed by atoms with Gasteiger partial charge in [-0.05, 0) is 63.8 Å². The molecule has 2 rings (SSSR count). The minimum Gasteiger partial charge on any atom is -0.314 e. The summed E-state index contributed by atoms with van der Waals surface area (Å²) in [5.74, 6) is 1.86. The molecule has 0 amide bonds. The van der Waals surface area contributed by atoms with Crippen molar-refractivity contribution < 1.29 is 0 Å². The Labute approximate surface area is 126 Å². The molecule has 0 aromatic rings. The molecular formula is C18H36N2. The molecule has 1 aliphatic carbocycles. The van der Waals surface area contributed by atoms with Crippen molar-refractivity contribution in [1.82, 2.24) is 10.2 Å². The third-order valence-electron chi connectivity index (χ3n) is 6.00. The summed E-state index contributed by atoms with van der Waals surface area (Å²) in [6.45, 7) is 11.9. The molecule has 1 saturated carbocycles. The molecule has 5 atom stereocenters. The maximum absolute atomic E-state index is 3.77. The molecule has 20 heavy (non-hydrogen) atoms. The second-order valence-electron chi connectivity index (χ2n) is 7.20. The Balaban J connectivity index is 1.98. The number of hydrogen-bond donors (Lipinski definition) is 1. The molecule has 5 unspecified atom stereocenters. The summed E-state index contributed by atoms with van der Waals surface area (Å²) in [7, 11) is 0. The van der Waals surface area contributed by atoms with Crippen LogP contribution in [0.4, 0.5) is 0 Å². The number of rotatable bonds is 6. The normalized spacial score (nSPS) is 39.3. The van der Waals surface area contributed by atoms with E-state index in [2.05, 4.69) is 37.9 Å². The minimum absolute atomic E-state index is 0.771. The van der Waals surface area contributed by atoms with Crippen LogP contribution in [0, 0.1) is 11.8 Å². The zero-order chi connectivity index (χ0) is 14.5. The lowest BCUT2D eigenvalue weighted by Gasteiger charge is -2.40. The van der Waals surface area contributed by atoms with Crippen LogP contribution in [0.2, 0.25) is 0 Å². The Kier molecular flexibility index (Phi) is 6.35. The fraction of sp³-hybridized carbons (Fsp3) is 1.00. The lowest BCUT2D eigenvalue weighted by molar-refractivity contribution is 0.108. The van der Waals surface area contributed by atoms with E-state index in [1.165, 1.54) is 51.5 Å². The van der Waals surface area contributed by atoms with Crippen LogP contribution in [0.3, 0.4) is 0 Å². The third-order valence-corrected chi connectivity index (χ3v) is 6.00. The predicted octanol–water partition coefficient (Wildman–Crippen LogP) is 4.05. The van der Waals surface area contributed by atoms with Crippen LogP contribution in [-0.4, -0.2) is 36.1 Å². The molecule has 0 spiro atoms. The lowest BCUT2D eigenvalue weighted by atomic mass is 9.76. The Morgan fingerprint density at radius 3 is 2.45 bits per heavy atom. The van der Waals surface area contributed by atoms with Crippen LogP contribution in [0.25, 0.3) is 0 Å². The summed E-state index contributed by atoms with van der Waals surface area (Å²) >= 11 is 0. The van der Waals surface area contributed by atoms with Crippen LogP contribution in [-0.2, 0) is 0 Å². The summed E-state index contributed by atoms with van der Waals surface area (Å²) in [6.07, 6.45) is 9.84. The van der Waals surface area contributed by atoms with E-state index >= 15 is 0 Å². The second kappa shape index (κ2) is 7.79. The first-order chi connectivity index (χ1) is 9.69. The molecule has 2 nitrogen and oxygen atoms in total. The zero-order valence-corrected chi connectivity index (χ0v) is 14.2.